The average molecular weight is 415 g/mol. The first-order valence-corrected chi connectivity index (χ1v) is 9.41. The standard InChI is InChI=1S/C18H12BrFN4S/c19-10-1-2-15(20)11(5-10)16-12(6-21)17(24)18(8-22,9-23)14-3-4-25-7-13(14)16/h1-3,5,13,16H,4,7,24H2. The van der Waals surface area contributed by atoms with Crippen molar-refractivity contribution in [3.63, 3.8) is 0 Å². The second-order valence-electron chi connectivity index (χ2n) is 5.86. The number of halogens is 2. The smallest absolute Gasteiger partial charge is 0.204 e. The Kier molecular flexibility index (Phi) is 4.60. The van der Waals surface area contributed by atoms with Crippen LogP contribution in [0.15, 0.2) is 45.6 Å². The maximum atomic E-state index is 14.6. The third-order valence-corrected chi connectivity index (χ3v) is 6.20. The molecule has 1 aliphatic carbocycles. The van der Waals surface area contributed by atoms with Crippen LogP contribution in [0.1, 0.15) is 11.5 Å². The van der Waals surface area contributed by atoms with Gasteiger partial charge in [0.05, 0.1) is 29.5 Å². The van der Waals surface area contributed by atoms with E-state index < -0.39 is 17.2 Å². The first-order chi connectivity index (χ1) is 12.0. The van der Waals surface area contributed by atoms with Crippen molar-refractivity contribution in [2.75, 3.05) is 11.5 Å². The molecule has 124 valence electrons. The highest BCUT2D eigenvalue weighted by Crippen LogP contribution is 2.54. The lowest BCUT2D eigenvalue weighted by molar-refractivity contribution is 0.461. The molecule has 0 aromatic heterocycles. The second-order valence-corrected chi connectivity index (χ2v) is 7.85. The molecule has 25 heavy (non-hydrogen) atoms. The summed E-state index contributed by atoms with van der Waals surface area (Å²) in [5.41, 5.74) is 5.43. The van der Waals surface area contributed by atoms with Crippen LogP contribution in [0.3, 0.4) is 0 Å². The minimum absolute atomic E-state index is 0.0845. The monoisotopic (exact) mass is 414 g/mol. The molecule has 0 spiro atoms. The molecule has 1 aliphatic heterocycles. The van der Waals surface area contributed by atoms with Gasteiger partial charge >= 0.3 is 0 Å². The molecule has 2 unspecified atom stereocenters. The highest BCUT2D eigenvalue weighted by Gasteiger charge is 2.52. The molecule has 0 bridgehead atoms. The van der Waals surface area contributed by atoms with Crippen LogP contribution in [0.5, 0.6) is 0 Å². The number of hydrogen-bond acceptors (Lipinski definition) is 5. The molecule has 7 heteroatoms. The minimum atomic E-state index is -1.66. The first-order valence-electron chi connectivity index (χ1n) is 7.46. The van der Waals surface area contributed by atoms with Crippen LogP contribution < -0.4 is 5.73 Å². The van der Waals surface area contributed by atoms with Crippen molar-refractivity contribution in [3.05, 3.63) is 57.0 Å². The summed E-state index contributed by atoms with van der Waals surface area (Å²) >= 11 is 4.96. The van der Waals surface area contributed by atoms with Crippen molar-refractivity contribution in [1.82, 2.24) is 0 Å². The molecule has 2 N–H and O–H groups in total. The van der Waals surface area contributed by atoms with Crippen LogP contribution in [0.25, 0.3) is 0 Å². The van der Waals surface area contributed by atoms with Crippen LogP contribution in [-0.4, -0.2) is 11.5 Å². The molecule has 3 rings (SSSR count). The number of nitrogens with two attached hydrogens (primary N) is 1. The number of fused-ring (bicyclic) bond motifs is 1. The van der Waals surface area contributed by atoms with Gasteiger partial charge in [-0.1, -0.05) is 22.0 Å². The fraction of sp³-hybridized carbons (Fsp3) is 0.278. The summed E-state index contributed by atoms with van der Waals surface area (Å²) in [6.45, 7) is 0. The molecule has 0 radical (unpaired) electrons. The van der Waals surface area contributed by atoms with Crippen LogP contribution in [0.2, 0.25) is 0 Å². The van der Waals surface area contributed by atoms with Gasteiger partial charge < -0.3 is 5.73 Å². The Morgan fingerprint density at radius 3 is 2.64 bits per heavy atom. The highest BCUT2D eigenvalue weighted by atomic mass is 79.9. The first kappa shape index (κ1) is 17.5. The summed E-state index contributed by atoms with van der Waals surface area (Å²) in [6, 6.07) is 10.6. The summed E-state index contributed by atoms with van der Waals surface area (Å²) in [4.78, 5) is 0. The molecule has 0 amide bonds. The van der Waals surface area contributed by atoms with Crippen molar-refractivity contribution in [1.29, 1.82) is 15.8 Å². The van der Waals surface area contributed by atoms with E-state index in [2.05, 4.69) is 15.9 Å². The minimum Gasteiger partial charge on any atom is -0.399 e. The summed E-state index contributed by atoms with van der Waals surface area (Å²) in [6.07, 6.45) is 1.83. The molecule has 1 aromatic rings. The van der Waals surface area contributed by atoms with Gasteiger partial charge in [-0.05, 0) is 29.3 Å². The van der Waals surface area contributed by atoms with Crippen molar-refractivity contribution in [2.24, 2.45) is 17.1 Å². The molecule has 1 heterocycles. The Bertz CT molecular complexity index is 918. The number of allylic oxidation sites excluding steroid dienone is 2. The van der Waals surface area contributed by atoms with E-state index in [0.29, 0.717) is 27.1 Å². The van der Waals surface area contributed by atoms with Gasteiger partial charge in [0.2, 0.25) is 5.41 Å². The number of thioether (sulfide) groups is 1. The zero-order valence-electron chi connectivity index (χ0n) is 13.0. The van der Waals surface area contributed by atoms with Crippen molar-refractivity contribution in [2.45, 2.75) is 5.92 Å². The lowest BCUT2D eigenvalue weighted by Gasteiger charge is -2.42. The summed E-state index contributed by atoms with van der Waals surface area (Å²) < 4.78 is 15.2. The van der Waals surface area contributed by atoms with Crippen molar-refractivity contribution < 1.29 is 4.39 Å². The molecule has 2 aliphatic rings. The number of rotatable bonds is 1. The third kappa shape index (κ3) is 2.54. The van der Waals surface area contributed by atoms with Crippen LogP contribution in [-0.2, 0) is 0 Å². The second kappa shape index (κ2) is 6.56. The van der Waals surface area contributed by atoms with Crippen molar-refractivity contribution >= 4 is 27.7 Å². The molecule has 0 saturated carbocycles. The molecule has 4 nitrogen and oxygen atoms in total. The summed E-state index contributed by atoms with van der Waals surface area (Å²) in [5.74, 6) is -0.142. The molecular weight excluding hydrogens is 403 g/mol. The van der Waals surface area contributed by atoms with E-state index in [1.807, 2.05) is 24.3 Å². The van der Waals surface area contributed by atoms with Gasteiger partial charge in [-0.3, -0.25) is 0 Å². The summed E-state index contributed by atoms with van der Waals surface area (Å²) in [5, 5.41) is 29.1. The number of nitrogens with zero attached hydrogens (tertiary/aromatic N) is 3. The van der Waals surface area contributed by atoms with Crippen LogP contribution in [0, 0.1) is 51.1 Å². The Hall–Kier alpha value is -2.27. The van der Waals surface area contributed by atoms with E-state index in [0.717, 1.165) is 0 Å². The lowest BCUT2D eigenvalue weighted by atomic mass is 9.61. The predicted molar refractivity (Wildman–Crippen MR) is 96.2 cm³/mol. The fourth-order valence-corrected chi connectivity index (χ4v) is 4.99. The van der Waals surface area contributed by atoms with Crippen molar-refractivity contribution in [3.8, 4) is 18.2 Å². The quantitative estimate of drug-likeness (QED) is 0.705. The highest BCUT2D eigenvalue weighted by molar-refractivity contribution is 9.10. The largest absolute Gasteiger partial charge is 0.399 e. The molecule has 0 fully saturated rings. The average Bonchev–Trinajstić information content (AvgIpc) is 2.63. The number of nitriles is 3. The number of hydrogen-bond donors (Lipinski definition) is 1. The zero-order chi connectivity index (χ0) is 18.2. The van der Waals surface area contributed by atoms with Crippen LogP contribution >= 0.6 is 27.7 Å². The molecule has 0 saturated heterocycles. The van der Waals surface area contributed by atoms with E-state index in [-0.39, 0.29) is 17.2 Å². The van der Waals surface area contributed by atoms with Gasteiger partial charge in [0.25, 0.3) is 0 Å². The predicted octanol–water partition coefficient (Wildman–Crippen LogP) is 3.74. The lowest BCUT2D eigenvalue weighted by Crippen LogP contribution is -2.42. The Balaban J connectivity index is 2.35. The SMILES string of the molecule is N#CC1=C(N)C(C#N)(C#N)C2=CCSCC2C1c1cc(Br)ccc1F. The van der Waals surface area contributed by atoms with E-state index in [9.17, 15) is 20.2 Å². The summed E-state index contributed by atoms with van der Waals surface area (Å²) in [7, 11) is 0. The van der Waals surface area contributed by atoms with E-state index in [1.54, 1.807) is 23.9 Å². The third-order valence-electron chi connectivity index (χ3n) is 4.71. The normalized spacial score (nSPS) is 24.4. The van der Waals surface area contributed by atoms with Crippen LogP contribution in [0.4, 0.5) is 4.39 Å². The molecular formula is C18H12BrFN4S. The van der Waals surface area contributed by atoms with Gasteiger partial charge in [0.1, 0.15) is 5.82 Å². The van der Waals surface area contributed by atoms with E-state index in [1.165, 1.54) is 6.07 Å². The Morgan fingerprint density at radius 1 is 1.28 bits per heavy atom. The fourth-order valence-electron chi connectivity index (χ4n) is 3.55. The van der Waals surface area contributed by atoms with Gasteiger partial charge in [0, 0.05) is 27.8 Å². The van der Waals surface area contributed by atoms with Gasteiger partial charge in [-0.15, -0.1) is 0 Å². The molecule has 1 aromatic carbocycles. The van der Waals surface area contributed by atoms with E-state index in [4.69, 9.17) is 5.73 Å². The maximum absolute atomic E-state index is 14.6. The van der Waals surface area contributed by atoms with Gasteiger partial charge in [-0.25, -0.2) is 4.39 Å². The van der Waals surface area contributed by atoms with Gasteiger partial charge in [0.15, 0.2) is 0 Å². The number of benzene rings is 1. The van der Waals surface area contributed by atoms with Gasteiger partial charge in [-0.2, -0.15) is 27.5 Å². The Morgan fingerprint density at radius 2 is 2.00 bits per heavy atom. The van der Waals surface area contributed by atoms with E-state index >= 15 is 0 Å². The Labute approximate surface area is 157 Å². The maximum Gasteiger partial charge on any atom is 0.204 e. The zero-order valence-corrected chi connectivity index (χ0v) is 15.4. The molecule has 2 atom stereocenters. The topological polar surface area (TPSA) is 97.4 Å².